The van der Waals surface area contributed by atoms with Gasteiger partial charge in [-0.1, -0.05) is 0 Å². The van der Waals surface area contributed by atoms with Crippen LogP contribution >= 0.6 is 0 Å². The molecule has 2 atom stereocenters. The van der Waals surface area contributed by atoms with Crippen LogP contribution in [0, 0.1) is 5.92 Å². The third-order valence-electron chi connectivity index (χ3n) is 4.50. The van der Waals surface area contributed by atoms with E-state index in [-0.39, 0.29) is 25.5 Å². The van der Waals surface area contributed by atoms with Crippen LogP contribution in [-0.2, 0) is 32.2 Å². The summed E-state index contributed by atoms with van der Waals surface area (Å²) in [6.45, 7) is 7.30. The lowest BCUT2D eigenvalue weighted by Crippen LogP contribution is -2.45. The first kappa shape index (κ1) is 23.5. The van der Waals surface area contributed by atoms with Crippen LogP contribution in [0.25, 0.3) is 0 Å². The molecule has 0 unspecified atom stereocenters. The van der Waals surface area contributed by atoms with Crippen molar-refractivity contribution in [2.45, 2.75) is 26.1 Å². The van der Waals surface area contributed by atoms with Crippen LogP contribution in [-0.4, -0.2) is 99.0 Å². The van der Waals surface area contributed by atoms with Crippen molar-refractivity contribution in [1.29, 1.82) is 0 Å². The molecule has 0 spiro atoms. The van der Waals surface area contributed by atoms with Gasteiger partial charge in [0.25, 0.3) is 12.9 Å². The molecule has 2 fully saturated rings. The lowest BCUT2D eigenvalue weighted by molar-refractivity contribution is -0.138. The highest BCUT2D eigenvalue weighted by molar-refractivity contribution is 5.69. The van der Waals surface area contributed by atoms with Crippen LogP contribution in [0.5, 0.6) is 0 Å². The summed E-state index contributed by atoms with van der Waals surface area (Å²) >= 11 is 0. The molecule has 0 radical (unpaired) electrons. The summed E-state index contributed by atoms with van der Waals surface area (Å²) in [6, 6.07) is 0.230. The molecule has 0 aromatic carbocycles. The number of aryl methyl sites for hydroxylation is 1. The van der Waals surface area contributed by atoms with Crippen LogP contribution in [0.3, 0.4) is 0 Å². The van der Waals surface area contributed by atoms with Crippen LogP contribution in [0.15, 0.2) is 12.4 Å². The molecule has 0 amide bonds. The number of imidazole rings is 1. The van der Waals surface area contributed by atoms with Crippen molar-refractivity contribution in [3.8, 4) is 0 Å². The number of aliphatic carboxylic acids is 1. The average molecular weight is 400 g/mol. The third-order valence-corrected chi connectivity index (χ3v) is 4.50. The number of nitrogens with zero attached hydrogens (tertiary/aromatic N) is 4. The largest absolute Gasteiger partial charge is 0.483 e. The zero-order valence-corrected chi connectivity index (χ0v) is 15.9. The predicted molar refractivity (Wildman–Crippen MR) is 97.9 cm³/mol. The van der Waals surface area contributed by atoms with Gasteiger partial charge in [0.2, 0.25) is 0 Å². The molecule has 28 heavy (non-hydrogen) atoms. The van der Waals surface area contributed by atoms with Gasteiger partial charge in [0, 0.05) is 50.5 Å². The summed E-state index contributed by atoms with van der Waals surface area (Å²) < 4.78 is 7.94. The van der Waals surface area contributed by atoms with E-state index in [2.05, 4.69) is 21.4 Å². The van der Waals surface area contributed by atoms with E-state index >= 15 is 0 Å². The number of ether oxygens (including phenoxy) is 1. The second kappa shape index (κ2) is 12.8. The van der Waals surface area contributed by atoms with Gasteiger partial charge in [-0.15, -0.1) is 0 Å². The van der Waals surface area contributed by atoms with E-state index in [4.69, 9.17) is 29.6 Å². The standard InChI is InChI=1S/C15H24N4O3.2CH2O2/c1-2-18-4-3-16-14(18)8-19-6-12-5-17(9-15(20)21)7-13(19)11-22-10-12;2*2-1-3/h3-4,12-13H,2,5-11H2,1H3,(H,20,21);2*1H,(H,2,3)/t12-,13-;;/m0../s1. The normalized spacial score (nSPS) is 21.9. The fourth-order valence-electron chi connectivity index (χ4n) is 3.50. The molecule has 2 bridgehead atoms. The van der Waals surface area contributed by atoms with Crippen molar-refractivity contribution in [2.75, 3.05) is 39.4 Å². The van der Waals surface area contributed by atoms with Crippen molar-refractivity contribution >= 4 is 18.9 Å². The van der Waals surface area contributed by atoms with Crippen LogP contribution in [0.4, 0.5) is 0 Å². The van der Waals surface area contributed by atoms with E-state index in [0.29, 0.717) is 19.1 Å². The molecule has 0 aliphatic carbocycles. The number of hydrogen-bond acceptors (Lipinski definition) is 7. The van der Waals surface area contributed by atoms with Gasteiger partial charge in [-0.3, -0.25) is 24.2 Å². The molecule has 3 rings (SSSR count). The highest BCUT2D eigenvalue weighted by Gasteiger charge is 2.34. The quantitative estimate of drug-likeness (QED) is 0.554. The van der Waals surface area contributed by atoms with Gasteiger partial charge in [-0.05, 0) is 6.92 Å². The molecule has 1 aromatic rings. The minimum Gasteiger partial charge on any atom is -0.483 e. The van der Waals surface area contributed by atoms with E-state index in [9.17, 15) is 4.79 Å². The Kier molecular flexibility index (Phi) is 10.8. The second-order valence-corrected chi connectivity index (χ2v) is 6.41. The number of carboxylic acid groups (broad SMARTS) is 3. The Bertz CT molecular complexity index is 604. The molecule has 2 saturated heterocycles. The van der Waals surface area contributed by atoms with Gasteiger partial charge < -0.3 is 24.6 Å². The van der Waals surface area contributed by atoms with E-state index in [1.807, 2.05) is 17.3 Å². The average Bonchev–Trinajstić information content (AvgIpc) is 2.90. The number of carboxylic acids is 1. The SMILES string of the molecule is CCn1ccnc1CN1C[C@H]2COC[C@@H]1CN(CC(=O)O)C2.O=CO.O=CO. The smallest absolute Gasteiger partial charge is 0.317 e. The van der Waals surface area contributed by atoms with Crippen LogP contribution in [0.1, 0.15) is 12.7 Å². The summed E-state index contributed by atoms with van der Waals surface area (Å²) in [5, 5.41) is 22.8. The third kappa shape index (κ3) is 7.62. The summed E-state index contributed by atoms with van der Waals surface area (Å²) in [5.41, 5.74) is 0. The fraction of sp³-hybridized carbons (Fsp3) is 0.647. The first-order valence-corrected chi connectivity index (χ1v) is 8.90. The summed E-state index contributed by atoms with van der Waals surface area (Å²) in [7, 11) is 0. The number of rotatable bonds is 5. The Hall–Kier alpha value is -2.50. The molecule has 11 nitrogen and oxygen atoms in total. The summed E-state index contributed by atoms with van der Waals surface area (Å²) in [6.07, 6.45) is 3.85. The highest BCUT2D eigenvalue weighted by atomic mass is 16.5. The number of aromatic nitrogens is 2. The number of fused-ring (bicyclic) bond motifs is 3. The Morgan fingerprint density at radius 3 is 2.54 bits per heavy atom. The summed E-state index contributed by atoms with van der Waals surface area (Å²) in [4.78, 5) is 36.7. The molecule has 3 N–H and O–H groups in total. The molecular weight excluding hydrogens is 372 g/mol. The second-order valence-electron chi connectivity index (χ2n) is 6.41. The van der Waals surface area contributed by atoms with Crippen molar-refractivity contribution in [2.24, 2.45) is 5.92 Å². The minimum atomic E-state index is -0.756. The lowest BCUT2D eigenvalue weighted by Gasteiger charge is -2.30. The topological polar surface area (TPSA) is 145 Å². The van der Waals surface area contributed by atoms with E-state index in [1.54, 1.807) is 0 Å². The monoisotopic (exact) mass is 400 g/mol. The van der Waals surface area contributed by atoms with E-state index in [1.165, 1.54) is 0 Å². The first-order valence-electron chi connectivity index (χ1n) is 8.90. The van der Waals surface area contributed by atoms with Crippen molar-refractivity contribution < 1.29 is 34.4 Å². The van der Waals surface area contributed by atoms with E-state index in [0.717, 1.165) is 38.5 Å². The minimum absolute atomic E-state index is 0.116. The summed E-state index contributed by atoms with van der Waals surface area (Å²) in [5.74, 6) is 0.672. The molecular formula is C17H28N4O7. The zero-order chi connectivity index (χ0) is 20.9. The van der Waals surface area contributed by atoms with Crippen molar-refractivity contribution in [1.82, 2.24) is 19.4 Å². The number of carbonyl (C=O) groups is 3. The Balaban J connectivity index is 0.000000582. The van der Waals surface area contributed by atoms with Crippen molar-refractivity contribution in [3.05, 3.63) is 18.2 Å². The highest BCUT2D eigenvalue weighted by Crippen LogP contribution is 2.21. The maximum Gasteiger partial charge on any atom is 0.317 e. The molecule has 158 valence electrons. The van der Waals surface area contributed by atoms with Crippen LogP contribution < -0.4 is 0 Å². The predicted octanol–water partition coefficient (Wildman–Crippen LogP) is -0.478. The first-order chi connectivity index (χ1) is 13.5. The molecule has 1 aromatic heterocycles. The van der Waals surface area contributed by atoms with Crippen molar-refractivity contribution in [3.63, 3.8) is 0 Å². The molecule has 3 heterocycles. The van der Waals surface area contributed by atoms with Gasteiger partial charge >= 0.3 is 5.97 Å². The fourth-order valence-corrected chi connectivity index (χ4v) is 3.50. The van der Waals surface area contributed by atoms with Crippen LogP contribution in [0.2, 0.25) is 0 Å². The van der Waals surface area contributed by atoms with Gasteiger partial charge in [-0.2, -0.15) is 0 Å². The lowest BCUT2D eigenvalue weighted by atomic mass is 10.1. The maximum absolute atomic E-state index is 11.0. The van der Waals surface area contributed by atoms with Gasteiger partial charge in [0.05, 0.1) is 26.3 Å². The van der Waals surface area contributed by atoms with Gasteiger partial charge in [0.15, 0.2) is 0 Å². The van der Waals surface area contributed by atoms with Gasteiger partial charge in [-0.25, -0.2) is 4.98 Å². The molecule has 0 saturated carbocycles. The Morgan fingerprint density at radius 2 is 1.93 bits per heavy atom. The van der Waals surface area contributed by atoms with E-state index < -0.39 is 5.97 Å². The molecule has 11 heteroatoms. The Morgan fingerprint density at radius 1 is 1.25 bits per heavy atom. The number of hydrogen-bond donors (Lipinski definition) is 3. The maximum atomic E-state index is 11.0. The van der Waals surface area contributed by atoms with Gasteiger partial charge in [0.1, 0.15) is 5.82 Å². The molecule has 2 aliphatic rings. The Labute approximate surface area is 163 Å². The zero-order valence-electron chi connectivity index (χ0n) is 15.9. The molecule has 2 aliphatic heterocycles.